The van der Waals surface area contributed by atoms with Gasteiger partial charge in [0.25, 0.3) is 5.69 Å². The van der Waals surface area contributed by atoms with E-state index < -0.39 is 4.92 Å². The average molecular weight is 326 g/mol. The van der Waals surface area contributed by atoms with Gasteiger partial charge in [0.15, 0.2) is 17.0 Å². The van der Waals surface area contributed by atoms with Crippen molar-refractivity contribution in [3.63, 3.8) is 0 Å². The van der Waals surface area contributed by atoms with Gasteiger partial charge in [0, 0.05) is 6.20 Å². The molecule has 0 saturated carbocycles. The standard InChI is InChI=1S/C17H14N2O5/c1-22-11-5-7-12(8-6-11)24-17-13-4-3-9-18-16(13)14(19(20)21)10-15(17)23-2/h3-10H,1-2H3. The number of nitro groups is 1. The largest absolute Gasteiger partial charge is 0.497 e. The van der Waals surface area contributed by atoms with Gasteiger partial charge in [-0.2, -0.15) is 0 Å². The number of pyridine rings is 1. The maximum Gasteiger partial charge on any atom is 0.299 e. The average Bonchev–Trinajstić information content (AvgIpc) is 2.62. The predicted molar refractivity (Wildman–Crippen MR) is 88.0 cm³/mol. The van der Waals surface area contributed by atoms with E-state index in [1.807, 2.05) is 0 Å². The smallest absolute Gasteiger partial charge is 0.299 e. The van der Waals surface area contributed by atoms with Gasteiger partial charge >= 0.3 is 0 Å². The summed E-state index contributed by atoms with van der Waals surface area (Å²) in [5, 5.41) is 11.8. The maximum absolute atomic E-state index is 11.3. The number of rotatable bonds is 5. The Kier molecular flexibility index (Phi) is 4.15. The Labute approximate surface area is 137 Å². The first-order valence-corrected chi connectivity index (χ1v) is 7.06. The van der Waals surface area contributed by atoms with Gasteiger partial charge in [-0.05, 0) is 36.4 Å². The fourth-order valence-corrected chi connectivity index (χ4v) is 2.34. The Hall–Kier alpha value is -3.35. The van der Waals surface area contributed by atoms with Gasteiger partial charge in [-0.15, -0.1) is 0 Å². The van der Waals surface area contributed by atoms with Crippen LogP contribution in [0.4, 0.5) is 5.69 Å². The van der Waals surface area contributed by atoms with Gasteiger partial charge < -0.3 is 14.2 Å². The van der Waals surface area contributed by atoms with Crippen LogP contribution in [0.2, 0.25) is 0 Å². The second-order valence-electron chi connectivity index (χ2n) is 4.86. The van der Waals surface area contributed by atoms with Crippen molar-refractivity contribution in [2.75, 3.05) is 14.2 Å². The van der Waals surface area contributed by atoms with Crippen molar-refractivity contribution in [2.45, 2.75) is 0 Å². The second kappa shape index (κ2) is 6.41. The Morgan fingerprint density at radius 1 is 1.04 bits per heavy atom. The van der Waals surface area contributed by atoms with Crippen LogP contribution in [0.25, 0.3) is 10.9 Å². The third-order valence-electron chi connectivity index (χ3n) is 3.48. The fraction of sp³-hybridized carbons (Fsp3) is 0.118. The molecular formula is C17H14N2O5. The Morgan fingerprint density at radius 2 is 1.75 bits per heavy atom. The minimum atomic E-state index is -0.491. The summed E-state index contributed by atoms with van der Waals surface area (Å²) in [6.45, 7) is 0. The summed E-state index contributed by atoms with van der Waals surface area (Å²) in [5.41, 5.74) is 0.108. The van der Waals surface area contributed by atoms with Crippen molar-refractivity contribution in [2.24, 2.45) is 0 Å². The Bertz CT molecular complexity index is 893. The lowest BCUT2D eigenvalue weighted by atomic mass is 10.1. The van der Waals surface area contributed by atoms with E-state index in [-0.39, 0.29) is 17.0 Å². The van der Waals surface area contributed by atoms with Crippen LogP contribution in [0.5, 0.6) is 23.0 Å². The number of nitro benzene ring substituents is 1. The number of aromatic nitrogens is 1. The van der Waals surface area contributed by atoms with Crippen molar-refractivity contribution >= 4 is 16.6 Å². The summed E-state index contributed by atoms with van der Waals surface area (Å²) in [6.07, 6.45) is 1.50. The van der Waals surface area contributed by atoms with Crippen LogP contribution in [-0.2, 0) is 0 Å². The summed E-state index contributed by atoms with van der Waals surface area (Å²) in [5.74, 6) is 1.88. The monoisotopic (exact) mass is 326 g/mol. The molecule has 0 amide bonds. The molecule has 24 heavy (non-hydrogen) atoms. The normalized spacial score (nSPS) is 10.4. The van der Waals surface area contributed by atoms with E-state index in [9.17, 15) is 10.1 Å². The molecule has 0 aliphatic carbocycles. The predicted octanol–water partition coefficient (Wildman–Crippen LogP) is 3.95. The number of nitrogens with zero attached hydrogens (tertiary/aromatic N) is 2. The molecule has 122 valence electrons. The molecule has 0 bridgehead atoms. The Balaban J connectivity index is 2.15. The third-order valence-corrected chi connectivity index (χ3v) is 3.48. The second-order valence-corrected chi connectivity index (χ2v) is 4.86. The van der Waals surface area contributed by atoms with Crippen LogP contribution in [0.15, 0.2) is 48.7 Å². The van der Waals surface area contributed by atoms with Gasteiger partial charge in [0.1, 0.15) is 11.5 Å². The van der Waals surface area contributed by atoms with E-state index in [1.54, 1.807) is 43.5 Å². The molecule has 0 unspecified atom stereocenters. The highest BCUT2D eigenvalue weighted by molar-refractivity contribution is 5.94. The summed E-state index contributed by atoms with van der Waals surface area (Å²) >= 11 is 0. The van der Waals surface area contributed by atoms with E-state index in [1.165, 1.54) is 19.4 Å². The maximum atomic E-state index is 11.3. The topological polar surface area (TPSA) is 83.7 Å². The molecule has 0 N–H and O–H groups in total. The molecule has 2 aromatic carbocycles. The van der Waals surface area contributed by atoms with Crippen molar-refractivity contribution in [3.05, 3.63) is 58.8 Å². The zero-order chi connectivity index (χ0) is 17.1. The molecule has 0 fully saturated rings. The molecule has 0 aliphatic heterocycles. The number of ether oxygens (including phenoxy) is 3. The summed E-state index contributed by atoms with van der Waals surface area (Å²) in [4.78, 5) is 14.9. The first kappa shape index (κ1) is 15.5. The Morgan fingerprint density at radius 3 is 2.38 bits per heavy atom. The molecule has 0 aliphatic rings. The quantitative estimate of drug-likeness (QED) is 0.521. The summed E-state index contributed by atoms with van der Waals surface area (Å²) < 4.78 is 16.3. The van der Waals surface area contributed by atoms with Crippen molar-refractivity contribution in [3.8, 4) is 23.0 Å². The first-order valence-electron chi connectivity index (χ1n) is 7.06. The van der Waals surface area contributed by atoms with E-state index in [0.29, 0.717) is 22.6 Å². The minimum Gasteiger partial charge on any atom is -0.497 e. The number of methoxy groups -OCH3 is 2. The molecule has 0 radical (unpaired) electrons. The number of benzene rings is 2. The lowest BCUT2D eigenvalue weighted by molar-refractivity contribution is -0.383. The minimum absolute atomic E-state index is 0.135. The molecule has 1 heterocycles. The van der Waals surface area contributed by atoms with Crippen LogP contribution >= 0.6 is 0 Å². The SMILES string of the molecule is COc1ccc(Oc2c(OC)cc([N+](=O)[O-])c3ncccc23)cc1. The van der Waals surface area contributed by atoms with Crippen LogP contribution in [0, 0.1) is 10.1 Å². The fourth-order valence-electron chi connectivity index (χ4n) is 2.34. The zero-order valence-electron chi connectivity index (χ0n) is 13.1. The van der Waals surface area contributed by atoms with Gasteiger partial charge in [-0.3, -0.25) is 10.1 Å². The zero-order valence-corrected chi connectivity index (χ0v) is 13.1. The van der Waals surface area contributed by atoms with Crippen LogP contribution in [-0.4, -0.2) is 24.1 Å². The highest BCUT2D eigenvalue weighted by Gasteiger charge is 2.22. The molecule has 1 aromatic heterocycles. The van der Waals surface area contributed by atoms with Crippen molar-refractivity contribution in [1.82, 2.24) is 4.98 Å². The number of hydrogen-bond acceptors (Lipinski definition) is 6. The first-order chi connectivity index (χ1) is 11.6. The van der Waals surface area contributed by atoms with Crippen molar-refractivity contribution < 1.29 is 19.1 Å². The molecule has 7 nitrogen and oxygen atoms in total. The number of non-ortho nitro benzene ring substituents is 1. The molecule has 7 heteroatoms. The van der Waals surface area contributed by atoms with Gasteiger partial charge in [-0.1, -0.05) is 0 Å². The molecule has 3 rings (SSSR count). The summed E-state index contributed by atoms with van der Waals surface area (Å²) in [7, 11) is 3.01. The molecular weight excluding hydrogens is 312 g/mol. The summed E-state index contributed by atoms with van der Waals surface area (Å²) in [6, 6.07) is 11.7. The lowest BCUT2D eigenvalue weighted by Gasteiger charge is -2.13. The van der Waals surface area contributed by atoms with E-state index in [4.69, 9.17) is 14.2 Å². The van der Waals surface area contributed by atoms with Gasteiger partial charge in [0.05, 0.1) is 30.6 Å². The molecule has 3 aromatic rings. The molecule has 0 atom stereocenters. The van der Waals surface area contributed by atoms with Crippen LogP contribution < -0.4 is 14.2 Å². The number of fused-ring (bicyclic) bond motifs is 1. The van der Waals surface area contributed by atoms with Gasteiger partial charge in [-0.25, -0.2) is 4.98 Å². The number of hydrogen-bond donors (Lipinski definition) is 0. The highest BCUT2D eigenvalue weighted by atomic mass is 16.6. The van der Waals surface area contributed by atoms with Crippen LogP contribution in [0.1, 0.15) is 0 Å². The lowest BCUT2D eigenvalue weighted by Crippen LogP contribution is -1.97. The van der Waals surface area contributed by atoms with E-state index in [2.05, 4.69) is 4.98 Å². The van der Waals surface area contributed by atoms with Crippen molar-refractivity contribution in [1.29, 1.82) is 0 Å². The highest BCUT2D eigenvalue weighted by Crippen LogP contribution is 2.42. The van der Waals surface area contributed by atoms with E-state index >= 15 is 0 Å². The molecule has 0 spiro atoms. The van der Waals surface area contributed by atoms with E-state index in [0.717, 1.165) is 0 Å². The third kappa shape index (κ3) is 2.79. The van der Waals surface area contributed by atoms with Gasteiger partial charge in [0.2, 0.25) is 0 Å². The van der Waals surface area contributed by atoms with Crippen LogP contribution in [0.3, 0.4) is 0 Å². The molecule has 0 saturated heterocycles.